The molecule has 58 heavy (non-hydrogen) atoms. The Hall–Kier alpha value is -2.82. The molecule has 326 valence electrons. The van der Waals surface area contributed by atoms with Gasteiger partial charge in [-0.25, -0.2) is 21.9 Å². The fourth-order valence-corrected chi connectivity index (χ4v) is 6.89. The molecular weight excluding hydrogens is 976 g/mol. The molecule has 0 aliphatic heterocycles. The zero-order chi connectivity index (χ0) is 44.3. The Balaban J connectivity index is 0.000000351. The van der Waals surface area contributed by atoms with Gasteiger partial charge >= 0.3 is 18.4 Å². The van der Waals surface area contributed by atoms with Crippen molar-refractivity contribution in [2.45, 2.75) is 82.3 Å². The molecule has 12 nitrogen and oxygen atoms in total. The quantitative estimate of drug-likeness (QED) is 0.0696. The molecule has 0 atom stereocenters. The van der Waals surface area contributed by atoms with Crippen LogP contribution in [0.4, 0.5) is 35.1 Å². The van der Waals surface area contributed by atoms with E-state index in [1.807, 2.05) is 0 Å². The van der Waals surface area contributed by atoms with E-state index in [0.717, 1.165) is 27.7 Å². The Morgan fingerprint density at radius 2 is 1.14 bits per heavy atom. The SMILES string of the molecule is C[Si](C)(C)CCOCn1nc(-c2ccc(Br)cc2F)nc1OCC(F)(F)F.C[Si](C)(C)CCOCn1nc(-c2ccc(Br)cc2F)nc1S(C)(=O)=O.OCC(F)(F)F. The predicted molar refractivity (Wildman–Crippen MR) is 212 cm³/mol. The molecule has 0 spiro atoms. The van der Waals surface area contributed by atoms with Crippen molar-refractivity contribution in [2.24, 2.45) is 0 Å². The molecule has 0 aliphatic rings. The number of aliphatic hydroxyl groups excluding tert-OH is 1. The lowest BCUT2D eigenvalue weighted by molar-refractivity contribution is -0.159. The first-order valence-electron chi connectivity index (χ1n) is 17.0. The van der Waals surface area contributed by atoms with Crippen molar-refractivity contribution in [3.63, 3.8) is 0 Å². The summed E-state index contributed by atoms with van der Waals surface area (Å²) in [6.45, 7) is 10.7. The Morgan fingerprint density at radius 3 is 1.52 bits per heavy atom. The van der Waals surface area contributed by atoms with Crippen LogP contribution in [0.15, 0.2) is 50.5 Å². The number of alkyl halides is 6. The molecular formula is C33H44Br2F8N6O6SSi2. The molecule has 25 heteroatoms. The lowest BCUT2D eigenvalue weighted by Gasteiger charge is -2.15. The van der Waals surface area contributed by atoms with Crippen LogP contribution < -0.4 is 4.74 Å². The van der Waals surface area contributed by atoms with Gasteiger partial charge in [-0.2, -0.15) is 41.0 Å². The molecule has 0 bridgehead atoms. The van der Waals surface area contributed by atoms with E-state index in [-0.39, 0.29) is 47.4 Å². The maximum absolute atomic E-state index is 14.1. The van der Waals surface area contributed by atoms with Crippen LogP contribution in [0.1, 0.15) is 0 Å². The van der Waals surface area contributed by atoms with E-state index < -0.39 is 63.2 Å². The van der Waals surface area contributed by atoms with Crippen LogP contribution in [-0.4, -0.2) is 104 Å². The van der Waals surface area contributed by atoms with Crippen LogP contribution in [0.3, 0.4) is 0 Å². The lowest BCUT2D eigenvalue weighted by atomic mass is 10.2. The molecule has 0 fully saturated rings. The highest BCUT2D eigenvalue weighted by Gasteiger charge is 2.30. The molecule has 0 radical (unpaired) electrons. The molecule has 0 amide bonds. The number of aromatic nitrogens is 6. The number of benzene rings is 2. The highest BCUT2D eigenvalue weighted by atomic mass is 79.9. The average Bonchev–Trinajstić information content (AvgIpc) is 3.68. The van der Waals surface area contributed by atoms with Crippen molar-refractivity contribution in [1.29, 1.82) is 0 Å². The van der Waals surface area contributed by atoms with E-state index in [4.69, 9.17) is 19.3 Å². The first-order valence-corrected chi connectivity index (χ1v) is 27.9. The summed E-state index contributed by atoms with van der Waals surface area (Å²) < 4.78 is 140. The number of rotatable bonds is 15. The van der Waals surface area contributed by atoms with E-state index in [9.17, 15) is 43.5 Å². The second-order valence-electron chi connectivity index (χ2n) is 14.8. The normalized spacial score (nSPS) is 12.4. The molecule has 4 aromatic rings. The number of nitrogens with zero attached hydrogens (tertiary/aromatic N) is 6. The molecule has 0 unspecified atom stereocenters. The summed E-state index contributed by atoms with van der Waals surface area (Å²) in [5.74, 6) is -1.21. The standard InChI is InChI=1S/C16H20BrF4N3O2Si.C15H21BrFN3O3SSi.C2H3F3O/c1-27(2,3)7-6-25-10-24-15(26-9-16(19,20)21)22-14(23-24)12-5-4-11(17)8-13(12)18;1-24(21,22)15-18-14(12-6-5-11(16)9-13(12)17)19-20(15)10-23-7-8-25(2,3)4;3-2(4,5)1-6/h4-5,8H,6-7,9-10H2,1-3H3;5-6,9H,7-8,10H2,1-4H3;6H,1H2. The molecule has 2 aromatic carbocycles. The Kier molecular flexibility index (Phi) is 19.1. The summed E-state index contributed by atoms with van der Waals surface area (Å²) in [5.41, 5.74) is 0.185. The second-order valence-corrected chi connectivity index (χ2v) is 29.8. The number of hydrogen-bond donors (Lipinski definition) is 1. The molecule has 2 heterocycles. The van der Waals surface area contributed by atoms with Gasteiger partial charge in [-0.05, 0) is 48.5 Å². The van der Waals surface area contributed by atoms with E-state index in [1.54, 1.807) is 12.1 Å². The molecule has 1 N–H and O–H groups in total. The van der Waals surface area contributed by atoms with Crippen molar-refractivity contribution >= 4 is 57.8 Å². The molecule has 0 aliphatic carbocycles. The average molecular weight is 1020 g/mol. The fourth-order valence-electron chi connectivity index (χ4n) is 3.98. The third-order valence-electron chi connectivity index (χ3n) is 6.92. The van der Waals surface area contributed by atoms with Gasteiger partial charge in [0.2, 0.25) is 15.0 Å². The van der Waals surface area contributed by atoms with Gasteiger partial charge in [0.05, 0.1) is 11.1 Å². The maximum Gasteiger partial charge on any atom is 0.422 e. The third-order valence-corrected chi connectivity index (χ3v) is 12.3. The van der Waals surface area contributed by atoms with Gasteiger partial charge < -0.3 is 19.3 Å². The van der Waals surface area contributed by atoms with Gasteiger partial charge in [0.25, 0.3) is 0 Å². The van der Waals surface area contributed by atoms with Crippen LogP contribution in [0.5, 0.6) is 6.01 Å². The Morgan fingerprint density at radius 1 is 0.724 bits per heavy atom. The summed E-state index contributed by atoms with van der Waals surface area (Å²) in [5, 5.41) is 15.2. The summed E-state index contributed by atoms with van der Waals surface area (Å²) in [6, 6.07) is 10.1. The molecule has 2 aromatic heterocycles. The minimum absolute atomic E-state index is 0.0132. The first-order chi connectivity index (χ1) is 26.5. The molecule has 0 saturated carbocycles. The van der Waals surface area contributed by atoms with Crippen molar-refractivity contribution < 1.29 is 62.9 Å². The first kappa shape index (κ1) is 51.3. The van der Waals surface area contributed by atoms with Crippen LogP contribution in [0.2, 0.25) is 51.4 Å². The van der Waals surface area contributed by atoms with E-state index in [1.165, 1.54) is 24.3 Å². The van der Waals surface area contributed by atoms with Gasteiger partial charge in [-0.1, -0.05) is 71.1 Å². The maximum atomic E-state index is 14.1. The van der Waals surface area contributed by atoms with Crippen molar-refractivity contribution in [3.8, 4) is 28.8 Å². The summed E-state index contributed by atoms with van der Waals surface area (Å²) in [6.07, 6.45) is -7.89. The van der Waals surface area contributed by atoms with Crippen molar-refractivity contribution in [1.82, 2.24) is 29.5 Å². The Bertz CT molecular complexity index is 2040. The number of ether oxygens (including phenoxy) is 3. The van der Waals surface area contributed by atoms with E-state index >= 15 is 0 Å². The van der Waals surface area contributed by atoms with Gasteiger partial charge in [0.15, 0.2) is 18.3 Å². The van der Waals surface area contributed by atoms with Gasteiger partial charge in [0.1, 0.15) is 31.7 Å². The van der Waals surface area contributed by atoms with Crippen LogP contribution in [-0.2, 0) is 32.8 Å². The summed E-state index contributed by atoms with van der Waals surface area (Å²) in [7, 11) is -6.18. The van der Waals surface area contributed by atoms with Gasteiger partial charge in [-0.15, -0.1) is 10.2 Å². The van der Waals surface area contributed by atoms with Gasteiger partial charge in [0, 0.05) is 44.6 Å². The Labute approximate surface area is 349 Å². The predicted octanol–water partition coefficient (Wildman–Crippen LogP) is 9.20. The molecule has 0 saturated heterocycles. The van der Waals surface area contributed by atoms with Crippen molar-refractivity contribution in [3.05, 3.63) is 57.0 Å². The summed E-state index contributed by atoms with van der Waals surface area (Å²) in [4.78, 5) is 7.91. The zero-order valence-electron chi connectivity index (χ0n) is 32.5. The highest BCUT2D eigenvalue weighted by molar-refractivity contribution is 9.10. The molecule has 4 rings (SSSR count). The fraction of sp³-hybridized carbons (Fsp3) is 0.515. The zero-order valence-corrected chi connectivity index (χ0v) is 38.5. The van der Waals surface area contributed by atoms with Gasteiger partial charge in [-0.3, -0.25) is 0 Å². The largest absolute Gasteiger partial charge is 0.454 e. The minimum Gasteiger partial charge on any atom is -0.454 e. The minimum atomic E-state index is -4.53. The number of halogens is 10. The lowest BCUT2D eigenvalue weighted by Crippen LogP contribution is -2.23. The van der Waals surface area contributed by atoms with Crippen LogP contribution in [0, 0.1) is 11.6 Å². The van der Waals surface area contributed by atoms with Crippen LogP contribution in [0.25, 0.3) is 22.8 Å². The van der Waals surface area contributed by atoms with E-state index in [0.29, 0.717) is 22.2 Å². The monoisotopic (exact) mass is 1020 g/mol. The summed E-state index contributed by atoms with van der Waals surface area (Å²) >= 11 is 6.32. The van der Waals surface area contributed by atoms with Crippen molar-refractivity contribution in [2.75, 3.05) is 32.7 Å². The third kappa shape index (κ3) is 19.5. The van der Waals surface area contributed by atoms with E-state index in [2.05, 4.69) is 91.3 Å². The topological polar surface area (TPSA) is 143 Å². The number of aliphatic hydroxyl groups is 1. The second kappa shape index (κ2) is 21.6. The highest BCUT2D eigenvalue weighted by Crippen LogP contribution is 2.27. The van der Waals surface area contributed by atoms with Crippen LogP contribution >= 0.6 is 31.9 Å². The number of hydrogen-bond acceptors (Lipinski definition) is 10. The number of sulfone groups is 1. The smallest absolute Gasteiger partial charge is 0.422 e.